The van der Waals surface area contributed by atoms with Crippen LogP contribution in [0.3, 0.4) is 0 Å². The maximum absolute atomic E-state index is 11.1. The zero-order valence-electron chi connectivity index (χ0n) is 7.14. The van der Waals surface area contributed by atoms with Crippen molar-refractivity contribution >= 4 is 30.5 Å². The van der Waals surface area contributed by atoms with Crippen LogP contribution in [0, 0.1) is 6.92 Å². The largest absolute Gasteiger partial charge is 0.465 e. The average Bonchev–Trinajstić information content (AvgIpc) is 2.32. The molecule has 0 amide bonds. The van der Waals surface area contributed by atoms with Gasteiger partial charge < -0.3 is 4.74 Å². The van der Waals surface area contributed by atoms with Crippen molar-refractivity contribution in [3.05, 3.63) is 20.2 Å². The molecule has 0 aromatic carbocycles. The van der Waals surface area contributed by atoms with Crippen molar-refractivity contribution in [1.29, 1.82) is 0 Å². The Morgan fingerprint density at radius 3 is 2.42 bits per heavy atom. The van der Waals surface area contributed by atoms with E-state index < -0.39 is 0 Å². The van der Waals surface area contributed by atoms with Gasteiger partial charge in [-0.15, -0.1) is 11.3 Å². The molecule has 3 heteroatoms. The topological polar surface area (TPSA) is 26.3 Å². The molecule has 1 rings (SSSR count). The molecule has 1 aromatic heterocycles. The quantitative estimate of drug-likeness (QED) is 0.596. The minimum Gasteiger partial charge on any atom is -0.465 e. The van der Waals surface area contributed by atoms with E-state index in [4.69, 9.17) is 0 Å². The van der Waals surface area contributed by atoms with E-state index in [-0.39, 0.29) is 5.97 Å². The Kier molecular flexibility index (Phi) is 2.33. The van der Waals surface area contributed by atoms with E-state index in [1.54, 1.807) is 0 Å². The minimum absolute atomic E-state index is 0.308. The van der Waals surface area contributed by atoms with E-state index in [0.29, 0.717) is 4.88 Å². The van der Waals surface area contributed by atoms with Crippen molar-refractivity contribution in [3.8, 4) is 0 Å². The van der Waals surface area contributed by atoms with E-state index in [1.807, 2.05) is 6.92 Å². The van der Waals surface area contributed by atoms with E-state index in [2.05, 4.69) is 17.9 Å². The van der Waals surface area contributed by atoms with Crippen LogP contribution in [0.25, 0.3) is 13.2 Å². The van der Waals surface area contributed by atoms with Gasteiger partial charge in [-0.2, -0.15) is 0 Å². The summed E-state index contributed by atoms with van der Waals surface area (Å²) in [5.41, 5.74) is 0.872. The third kappa shape index (κ3) is 1.28. The predicted octanol–water partition coefficient (Wildman–Crippen LogP) is 0.664. The fourth-order valence-electron chi connectivity index (χ4n) is 0.895. The van der Waals surface area contributed by atoms with Crippen LogP contribution in [0.15, 0.2) is 0 Å². The van der Waals surface area contributed by atoms with Crippen molar-refractivity contribution in [3.63, 3.8) is 0 Å². The van der Waals surface area contributed by atoms with Gasteiger partial charge in [-0.05, 0) is 17.7 Å². The molecule has 0 aliphatic rings. The van der Waals surface area contributed by atoms with Crippen LogP contribution in [0.5, 0.6) is 0 Å². The van der Waals surface area contributed by atoms with Crippen LogP contribution in [-0.2, 0) is 4.74 Å². The fourth-order valence-corrected chi connectivity index (χ4v) is 1.86. The first kappa shape index (κ1) is 9.00. The predicted molar refractivity (Wildman–Crippen MR) is 50.7 cm³/mol. The van der Waals surface area contributed by atoms with Crippen LogP contribution in [0.2, 0.25) is 0 Å². The van der Waals surface area contributed by atoms with Crippen molar-refractivity contribution < 1.29 is 9.53 Å². The summed E-state index contributed by atoms with van der Waals surface area (Å²) in [5, 5.41) is 0.834. The number of esters is 1. The van der Waals surface area contributed by atoms with Gasteiger partial charge in [-0.3, -0.25) is 0 Å². The summed E-state index contributed by atoms with van der Waals surface area (Å²) in [5.74, 6) is -0.308. The van der Waals surface area contributed by atoms with E-state index in [9.17, 15) is 4.79 Å². The molecule has 0 spiro atoms. The molecule has 12 heavy (non-hydrogen) atoms. The minimum atomic E-state index is -0.308. The monoisotopic (exact) mass is 182 g/mol. The highest BCUT2D eigenvalue weighted by Crippen LogP contribution is 2.07. The highest BCUT2D eigenvalue weighted by atomic mass is 32.1. The number of thiophene rings is 1. The van der Waals surface area contributed by atoms with E-state index in [1.165, 1.54) is 18.4 Å². The maximum atomic E-state index is 11.1. The molecule has 0 saturated carbocycles. The molecule has 2 nitrogen and oxygen atoms in total. The Balaban J connectivity index is 3.37. The van der Waals surface area contributed by atoms with Gasteiger partial charge in [0.25, 0.3) is 0 Å². The molecule has 64 valence electrons. The second-order valence-corrected chi connectivity index (χ2v) is 3.55. The molecule has 0 N–H and O–H groups in total. The zero-order valence-corrected chi connectivity index (χ0v) is 7.96. The summed E-state index contributed by atoms with van der Waals surface area (Å²) in [7, 11) is 1.37. The van der Waals surface area contributed by atoms with E-state index in [0.717, 1.165) is 15.3 Å². The summed E-state index contributed by atoms with van der Waals surface area (Å²) in [6.07, 6.45) is 0. The third-order valence-electron chi connectivity index (χ3n) is 1.73. The van der Waals surface area contributed by atoms with Crippen LogP contribution in [0.4, 0.5) is 0 Å². The lowest BCUT2D eigenvalue weighted by Gasteiger charge is -1.94. The Hall–Kier alpha value is -1.09. The molecule has 1 heterocycles. The van der Waals surface area contributed by atoms with Crippen molar-refractivity contribution in [2.75, 3.05) is 7.11 Å². The number of ether oxygens (including phenoxy) is 1. The van der Waals surface area contributed by atoms with Gasteiger partial charge in [-0.1, -0.05) is 13.2 Å². The summed E-state index contributed by atoms with van der Waals surface area (Å²) in [4.78, 5) is 11.7. The Morgan fingerprint density at radius 1 is 1.50 bits per heavy atom. The summed E-state index contributed by atoms with van der Waals surface area (Å²) in [6.45, 7) is 9.41. The van der Waals surface area contributed by atoms with Crippen LogP contribution >= 0.6 is 11.3 Å². The number of methoxy groups -OCH3 is 1. The van der Waals surface area contributed by atoms with Crippen molar-refractivity contribution in [2.24, 2.45) is 0 Å². The molecule has 0 aliphatic heterocycles. The van der Waals surface area contributed by atoms with Gasteiger partial charge in [-0.25, -0.2) is 4.79 Å². The molecule has 0 saturated heterocycles. The van der Waals surface area contributed by atoms with Crippen LogP contribution in [0.1, 0.15) is 15.2 Å². The first-order chi connectivity index (χ1) is 5.57. The van der Waals surface area contributed by atoms with Crippen molar-refractivity contribution in [1.82, 2.24) is 0 Å². The third-order valence-corrected chi connectivity index (χ3v) is 2.90. The second-order valence-electron chi connectivity index (χ2n) is 2.45. The lowest BCUT2D eigenvalue weighted by Crippen LogP contribution is -2.16. The maximum Gasteiger partial charge on any atom is 0.348 e. The Morgan fingerprint density at radius 2 is 2.08 bits per heavy atom. The molecule has 0 atom stereocenters. The van der Waals surface area contributed by atoms with Gasteiger partial charge in [0, 0.05) is 4.53 Å². The van der Waals surface area contributed by atoms with Gasteiger partial charge in [0.2, 0.25) is 0 Å². The Bertz CT molecular complexity index is 403. The second kappa shape index (κ2) is 3.11. The molecule has 0 bridgehead atoms. The molecule has 0 unspecified atom stereocenters. The fraction of sp³-hybridized carbons (Fsp3) is 0.222. The first-order valence-corrected chi connectivity index (χ1v) is 4.25. The van der Waals surface area contributed by atoms with Gasteiger partial charge >= 0.3 is 5.97 Å². The SMILES string of the molecule is C=c1sc(C(=O)OC)c(C)c1=C. The van der Waals surface area contributed by atoms with Gasteiger partial charge in [0.05, 0.1) is 7.11 Å². The lowest BCUT2D eigenvalue weighted by atomic mass is 10.2. The lowest BCUT2D eigenvalue weighted by molar-refractivity contribution is 0.0605. The standard InChI is InChI=1S/C9H10O2S/c1-5-6(2)8(9(10)11-4)12-7(5)3/h1,3H2,2,4H3. The smallest absolute Gasteiger partial charge is 0.348 e. The number of rotatable bonds is 1. The number of hydrogen-bond donors (Lipinski definition) is 0. The average molecular weight is 182 g/mol. The highest BCUT2D eigenvalue weighted by molar-refractivity contribution is 7.12. The van der Waals surface area contributed by atoms with E-state index >= 15 is 0 Å². The Labute approximate surface area is 74.8 Å². The van der Waals surface area contributed by atoms with Crippen LogP contribution < -0.4 is 9.75 Å². The highest BCUT2D eigenvalue weighted by Gasteiger charge is 2.11. The number of carbonyl (C=O) groups is 1. The molecule has 0 aliphatic carbocycles. The number of hydrogen-bond acceptors (Lipinski definition) is 3. The summed E-state index contributed by atoms with van der Waals surface area (Å²) in [6, 6.07) is 0. The van der Waals surface area contributed by atoms with Gasteiger partial charge in [0.15, 0.2) is 0 Å². The van der Waals surface area contributed by atoms with Gasteiger partial charge in [0.1, 0.15) is 4.88 Å². The molecule has 0 radical (unpaired) electrons. The normalized spacial score (nSPS) is 9.83. The van der Waals surface area contributed by atoms with Crippen LogP contribution in [-0.4, -0.2) is 13.1 Å². The molecular formula is C9H10O2S. The summed E-state index contributed by atoms with van der Waals surface area (Å²) < 4.78 is 5.43. The zero-order chi connectivity index (χ0) is 9.30. The molecule has 1 aromatic rings. The summed E-state index contributed by atoms with van der Waals surface area (Å²) >= 11 is 1.33. The van der Waals surface area contributed by atoms with Crippen molar-refractivity contribution in [2.45, 2.75) is 6.92 Å². The molecule has 0 fully saturated rings. The molecular weight excluding hydrogens is 172 g/mol. The number of carbonyl (C=O) groups excluding carboxylic acids is 1. The first-order valence-electron chi connectivity index (χ1n) is 3.43.